The van der Waals surface area contributed by atoms with E-state index in [2.05, 4.69) is 10.2 Å². The molecule has 0 saturated carbocycles. The summed E-state index contributed by atoms with van der Waals surface area (Å²) >= 11 is 7.71. The highest BCUT2D eigenvalue weighted by Gasteiger charge is 2.14. The number of thioether (sulfide) groups is 1. The number of hydrogen-bond donors (Lipinski definition) is 1. The van der Waals surface area contributed by atoms with Crippen molar-refractivity contribution in [3.8, 4) is 11.4 Å². The molecule has 18 heavy (non-hydrogen) atoms. The van der Waals surface area contributed by atoms with Crippen LogP contribution in [0.15, 0.2) is 29.4 Å². The average molecular weight is 284 g/mol. The number of aliphatic hydroxyl groups excluding tert-OH is 1. The van der Waals surface area contributed by atoms with Gasteiger partial charge in [0.2, 0.25) is 0 Å². The number of rotatable bonds is 5. The number of benzene rings is 1. The molecule has 1 aromatic heterocycles. The lowest BCUT2D eigenvalue weighted by Crippen LogP contribution is -2.04. The summed E-state index contributed by atoms with van der Waals surface area (Å²) in [6.45, 7) is 0.828. The molecule has 0 fully saturated rings. The van der Waals surface area contributed by atoms with E-state index >= 15 is 0 Å². The first-order valence-corrected chi connectivity index (χ1v) is 7.21. The van der Waals surface area contributed by atoms with Crippen molar-refractivity contribution in [3.05, 3.63) is 29.3 Å². The van der Waals surface area contributed by atoms with Gasteiger partial charge in [0.1, 0.15) is 0 Å². The molecule has 2 aromatic rings. The van der Waals surface area contributed by atoms with Crippen LogP contribution in [0, 0.1) is 0 Å². The summed E-state index contributed by atoms with van der Waals surface area (Å²) in [6.07, 6.45) is 2.62. The van der Waals surface area contributed by atoms with Crippen molar-refractivity contribution in [3.63, 3.8) is 0 Å². The van der Waals surface area contributed by atoms with E-state index in [0.717, 1.165) is 16.5 Å². The second kappa shape index (κ2) is 6.22. The van der Waals surface area contributed by atoms with Gasteiger partial charge in [0, 0.05) is 18.7 Å². The van der Waals surface area contributed by atoms with E-state index in [1.807, 2.05) is 35.1 Å². The third kappa shape index (κ3) is 2.68. The van der Waals surface area contributed by atoms with E-state index in [1.54, 1.807) is 0 Å². The van der Waals surface area contributed by atoms with Crippen molar-refractivity contribution < 1.29 is 5.11 Å². The molecule has 0 amide bonds. The minimum Gasteiger partial charge on any atom is -0.396 e. The Labute approximate surface area is 115 Å². The Hall–Kier alpha value is -1.04. The third-order valence-corrected chi connectivity index (χ3v) is 3.55. The van der Waals surface area contributed by atoms with Crippen LogP contribution in [-0.4, -0.2) is 32.7 Å². The molecule has 2 rings (SSSR count). The fourth-order valence-corrected chi connectivity index (χ4v) is 2.45. The van der Waals surface area contributed by atoms with E-state index in [0.29, 0.717) is 18.0 Å². The zero-order chi connectivity index (χ0) is 13.0. The van der Waals surface area contributed by atoms with Crippen molar-refractivity contribution in [2.24, 2.45) is 0 Å². The third-order valence-electron chi connectivity index (χ3n) is 2.55. The van der Waals surface area contributed by atoms with Gasteiger partial charge in [-0.25, -0.2) is 0 Å². The largest absolute Gasteiger partial charge is 0.396 e. The molecule has 0 aliphatic heterocycles. The molecule has 0 spiro atoms. The highest BCUT2D eigenvalue weighted by atomic mass is 35.5. The Balaban J connectivity index is 2.44. The van der Waals surface area contributed by atoms with Crippen LogP contribution < -0.4 is 0 Å². The second-order valence-corrected chi connectivity index (χ2v) is 4.90. The fraction of sp³-hybridized carbons (Fsp3) is 0.333. The number of hydrogen-bond acceptors (Lipinski definition) is 4. The van der Waals surface area contributed by atoms with Crippen LogP contribution in [0.3, 0.4) is 0 Å². The molecule has 0 unspecified atom stereocenters. The van der Waals surface area contributed by atoms with Gasteiger partial charge in [-0.2, -0.15) is 0 Å². The summed E-state index contributed by atoms with van der Waals surface area (Å²) in [7, 11) is 0. The summed E-state index contributed by atoms with van der Waals surface area (Å²) in [4.78, 5) is 0. The SMILES string of the molecule is CSc1nnc(-c2ccccc2Cl)n1CCCO. The first kappa shape index (κ1) is 13.4. The average Bonchev–Trinajstić information content (AvgIpc) is 2.79. The topological polar surface area (TPSA) is 50.9 Å². The fourth-order valence-electron chi connectivity index (χ4n) is 1.71. The molecule has 0 aliphatic carbocycles. The van der Waals surface area contributed by atoms with Gasteiger partial charge in [0.05, 0.1) is 5.02 Å². The van der Waals surface area contributed by atoms with Gasteiger partial charge >= 0.3 is 0 Å². The summed E-state index contributed by atoms with van der Waals surface area (Å²) in [5.41, 5.74) is 0.866. The first-order valence-electron chi connectivity index (χ1n) is 5.61. The highest BCUT2D eigenvalue weighted by Crippen LogP contribution is 2.28. The first-order chi connectivity index (χ1) is 8.77. The minimum absolute atomic E-state index is 0.147. The highest BCUT2D eigenvalue weighted by molar-refractivity contribution is 7.98. The molecule has 4 nitrogen and oxygen atoms in total. The summed E-state index contributed by atoms with van der Waals surface area (Å²) in [5, 5.41) is 18.8. The lowest BCUT2D eigenvalue weighted by Gasteiger charge is -2.09. The maximum absolute atomic E-state index is 8.96. The Morgan fingerprint density at radius 3 is 2.78 bits per heavy atom. The molecule has 0 saturated heterocycles. The number of nitrogens with zero attached hydrogens (tertiary/aromatic N) is 3. The molecule has 0 atom stereocenters. The van der Waals surface area contributed by atoms with Crippen LogP contribution >= 0.6 is 23.4 Å². The molecule has 0 aliphatic rings. The van der Waals surface area contributed by atoms with Gasteiger partial charge in [0.15, 0.2) is 11.0 Å². The molecule has 0 radical (unpaired) electrons. The second-order valence-electron chi connectivity index (χ2n) is 3.72. The summed E-state index contributed by atoms with van der Waals surface area (Å²) in [5.74, 6) is 0.749. The molecule has 96 valence electrons. The van der Waals surface area contributed by atoms with Crippen molar-refractivity contribution in [2.45, 2.75) is 18.1 Å². The van der Waals surface area contributed by atoms with Gasteiger partial charge in [-0.1, -0.05) is 35.5 Å². The predicted molar refractivity (Wildman–Crippen MR) is 74.0 cm³/mol. The zero-order valence-corrected chi connectivity index (χ0v) is 11.6. The van der Waals surface area contributed by atoms with E-state index in [-0.39, 0.29) is 6.61 Å². The van der Waals surface area contributed by atoms with Gasteiger partial charge in [0.25, 0.3) is 0 Å². The van der Waals surface area contributed by atoms with E-state index in [1.165, 1.54) is 11.8 Å². The van der Waals surface area contributed by atoms with Crippen LogP contribution in [0.25, 0.3) is 11.4 Å². The Morgan fingerprint density at radius 1 is 1.33 bits per heavy atom. The maximum atomic E-state index is 8.96. The van der Waals surface area contributed by atoms with E-state index in [4.69, 9.17) is 16.7 Å². The zero-order valence-electron chi connectivity index (χ0n) is 10.0. The minimum atomic E-state index is 0.147. The molecule has 0 bridgehead atoms. The van der Waals surface area contributed by atoms with Crippen molar-refractivity contribution >= 4 is 23.4 Å². The number of aromatic nitrogens is 3. The Kier molecular flexibility index (Phi) is 4.63. The normalized spacial score (nSPS) is 10.8. The van der Waals surface area contributed by atoms with Gasteiger partial charge in [-0.3, -0.25) is 0 Å². The maximum Gasteiger partial charge on any atom is 0.191 e. The van der Waals surface area contributed by atoms with Gasteiger partial charge in [-0.15, -0.1) is 10.2 Å². The molecule has 6 heteroatoms. The van der Waals surface area contributed by atoms with Crippen LogP contribution in [0.2, 0.25) is 5.02 Å². The van der Waals surface area contributed by atoms with Crippen LogP contribution in [0.1, 0.15) is 6.42 Å². The summed E-state index contributed by atoms with van der Waals surface area (Å²) in [6, 6.07) is 7.56. The molecule has 1 heterocycles. The standard InChI is InChI=1S/C12H14ClN3OS/c1-18-12-15-14-11(16(12)7-4-8-17)9-5-2-3-6-10(9)13/h2-3,5-6,17H,4,7-8H2,1H3. The van der Waals surface area contributed by atoms with Crippen LogP contribution in [0.4, 0.5) is 0 Å². The predicted octanol–water partition coefficient (Wildman–Crippen LogP) is 2.70. The van der Waals surface area contributed by atoms with Crippen molar-refractivity contribution in [1.29, 1.82) is 0 Å². The molecular weight excluding hydrogens is 270 g/mol. The molecule has 1 aromatic carbocycles. The van der Waals surface area contributed by atoms with Gasteiger partial charge < -0.3 is 9.67 Å². The van der Waals surface area contributed by atoms with Crippen LogP contribution in [-0.2, 0) is 6.54 Å². The number of aliphatic hydroxyl groups is 1. The summed E-state index contributed by atoms with van der Waals surface area (Å²) < 4.78 is 1.99. The van der Waals surface area contributed by atoms with E-state index in [9.17, 15) is 0 Å². The van der Waals surface area contributed by atoms with Crippen molar-refractivity contribution in [1.82, 2.24) is 14.8 Å². The lowest BCUT2D eigenvalue weighted by molar-refractivity contribution is 0.278. The molecular formula is C12H14ClN3OS. The number of halogens is 1. The van der Waals surface area contributed by atoms with E-state index < -0.39 is 0 Å². The lowest BCUT2D eigenvalue weighted by atomic mass is 10.2. The van der Waals surface area contributed by atoms with Crippen molar-refractivity contribution in [2.75, 3.05) is 12.9 Å². The Bertz CT molecular complexity index is 530. The molecule has 1 N–H and O–H groups in total. The quantitative estimate of drug-likeness (QED) is 0.857. The van der Waals surface area contributed by atoms with Gasteiger partial charge in [-0.05, 0) is 24.8 Å². The van der Waals surface area contributed by atoms with Crippen LogP contribution in [0.5, 0.6) is 0 Å². The Morgan fingerprint density at radius 2 is 2.11 bits per heavy atom. The smallest absolute Gasteiger partial charge is 0.191 e. The monoisotopic (exact) mass is 283 g/mol.